The average Bonchev–Trinajstić information content (AvgIpc) is 2.35. The Labute approximate surface area is 104 Å². The van der Waals surface area contributed by atoms with Gasteiger partial charge in [0.05, 0.1) is 7.11 Å². The van der Waals surface area contributed by atoms with Crippen LogP contribution in [0.2, 0.25) is 0 Å². The molecule has 0 aliphatic rings. The largest absolute Gasteiger partial charge is 0.493 e. The van der Waals surface area contributed by atoms with Gasteiger partial charge in [-0.15, -0.1) is 0 Å². The van der Waals surface area contributed by atoms with Gasteiger partial charge in [0.25, 0.3) is 0 Å². The molecule has 6 heteroatoms. The summed E-state index contributed by atoms with van der Waals surface area (Å²) in [5.41, 5.74) is 6.32. The number of halogens is 2. The first-order valence-electron chi connectivity index (χ1n) is 5.56. The molecular weight excluding hydrogens is 244 g/mol. The van der Waals surface area contributed by atoms with Crippen molar-refractivity contribution in [2.75, 3.05) is 20.3 Å². The fourth-order valence-corrected chi connectivity index (χ4v) is 1.71. The summed E-state index contributed by atoms with van der Waals surface area (Å²) in [6.45, 7) is -2.61. The summed E-state index contributed by atoms with van der Waals surface area (Å²) in [7, 11) is 1.38. The molecule has 0 aromatic heterocycles. The third-order valence-electron chi connectivity index (χ3n) is 2.64. The van der Waals surface area contributed by atoms with Gasteiger partial charge in [-0.3, -0.25) is 0 Å². The lowest BCUT2D eigenvalue weighted by atomic mass is 9.96. The summed E-state index contributed by atoms with van der Waals surface area (Å²) in [6.07, 6.45) is 0.469. The molecule has 0 fully saturated rings. The van der Waals surface area contributed by atoms with Crippen LogP contribution in [0.3, 0.4) is 0 Å². The van der Waals surface area contributed by atoms with E-state index in [1.165, 1.54) is 13.2 Å². The van der Waals surface area contributed by atoms with E-state index >= 15 is 0 Å². The molecule has 0 heterocycles. The van der Waals surface area contributed by atoms with Gasteiger partial charge in [0.1, 0.15) is 0 Å². The standard InChI is InChI=1S/C12H17F2NO3/c1-17-10-3-2-8(9(7-15)4-5-16)6-11(10)18-12(13)14/h2-3,6,9,12,16H,4-5,7,15H2,1H3. The van der Waals surface area contributed by atoms with E-state index in [1.54, 1.807) is 12.1 Å². The molecule has 4 nitrogen and oxygen atoms in total. The highest BCUT2D eigenvalue weighted by molar-refractivity contribution is 5.44. The third-order valence-corrected chi connectivity index (χ3v) is 2.64. The molecule has 0 spiro atoms. The van der Waals surface area contributed by atoms with Crippen molar-refractivity contribution in [1.29, 1.82) is 0 Å². The van der Waals surface area contributed by atoms with E-state index in [4.69, 9.17) is 15.6 Å². The molecule has 1 aromatic carbocycles. The molecule has 0 bridgehead atoms. The highest BCUT2D eigenvalue weighted by atomic mass is 19.3. The van der Waals surface area contributed by atoms with Gasteiger partial charge in [0, 0.05) is 6.61 Å². The number of methoxy groups -OCH3 is 1. The molecule has 3 N–H and O–H groups in total. The summed E-state index contributed by atoms with van der Waals surface area (Å²) < 4.78 is 33.8. The van der Waals surface area contributed by atoms with Crippen LogP contribution < -0.4 is 15.2 Å². The van der Waals surface area contributed by atoms with Crippen LogP contribution in [0.25, 0.3) is 0 Å². The second-order valence-electron chi connectivity index (χ2n) is 3.73. The van der Waals surface area contributed by atoms with E-state index in [-0.39, 0.29) is 24.0 Å². The fraction of sp³-hybridized carbons (Fsp3) is 0.500. The first-order valence-corrected chi connectivity index (χ1v) is 5.56. The molecule has 102 valence electrons. The molecule has 18 heavy (non-hydrogen) atoms. The van der Waals surface area contributed by atoms with Gasteiger partial charge in [-0.2, -0.15) is 8.78 Å². The van der Waals surface area contributed by atoms with Crippen LogP contribution in [0.5, 0.6) is 11.5 Å². The minimum absolute atomic E-state index is 0.0149. The SMILES string of the molecule is COc1ccc(C(CN)CCO)cc1OC(F)F. The lowest BCUT2D eigenvalue weighted by Crippen LogP contribution is -2.14. The van der Waals surface area contributed by atoms with Crippen LogP contribution in [-0.2, 0) is 0 Å². The predicted octanol–water partition coefficient (Wildman–Crippen LogP) is 1.72. The average molecular weight is 261 g/mol. The minimum Gasteiger partial charge on any atom is -0.493 e. The molecule has 0 radical (unpaired) electrons. The zero-order valence-corrected chi connectivity index (χ0v) is 10.1. The van der Waals surface area contributed by atoms with Gasteiger partial charge in [-0.05, 0) is 36.6 Å². The third kappa shape index (κ3) is 3.82. The molecule has 0 aliphatic heterocycles. The van der Waals surface area contributed by atoms with Crippen molar-refractivity contribution in [3.63, 3.8) is 0 Å². The number of hydrogen-bond acceptors (Lipinski definition) is 4. The smallest absolute Gasteiger partial charge is 0.387 e. The Bertz CT molecular complexity index is 374. The van der Waals surface area contributed by atoms with Crippen LogP contribution in [0.15, 0.2) is 18.2 Å². The van der Waals surface area contributed by atoms with Gasteiger partial charge >= 0.3 is 6.61 Å². The maximum Gasteiger partial charge on any atom is 0.387 e. The Kier molecular flexibility index (Phi) is 5.80. The van der Waals surface area contributed by atoms with E-state index < -0.39 is 6.61 Å². The number of alkyl halides is 2. The Balaban J connectivity index is 3.00. The highest BCUT2D eigenvalue weighted by Crippen LogP contribution is 2.32. The summed E-state index contributed by atoms with van der Waals surface area (Å²) in [6, 6.07) is 4.75. The van der Waals surface area contributed by atoms with Crippen molar-refractivity contribution in [1.82, 2.24) is 0 Å². The van der Waals surface area contributed by atoms with Crippen LogP contribution in [-0.4, -0.2) is 32.0 Å². The molecule has 0 saturated carbocycles. The highest BCUT2D eigenvalue weighted by Gasteiger charge is 2.15. The van der Waals surface area contributed by atoms with Crippen LogP contribution in [0.1, 0.15) is 17.9 Å². The molecule has 1 unspecified atom stereocenters. The van der Waals surface area contributed by atoms with Gasteiger partial charge in [-0.25, -0.2) is 0 Å². The zero-order valence-electron chi connectivity index (χ0n) is 10.1. The number of benzene rings is 1. The Morgan fingerprint density at radius 1 is 1.33 bits per heavy atom. The number of nitrogens with two attached hydrogens (primary N) is 1. The van der Waals surface area contributed by atoms with Crippen molar-refractivity contribution < 1.29 is 23.4 Å². The number of rotatable bonds is 7. The van der Waals surface area contributed by atoms with Gasteiger partial charge in [-0.1, -0.05) is 6.07 Å². The maximum absolute atomic E-state index is 12.3. The predicted molar refractivity (Wildman–Crippen MR) is 63.1 cm³/mol. The van der Waals surface area contributed by atoms with E-state index in [0.717, 1.165) is 5.56 Å². The lowest BCUT2D eigenvalue weighted by molar-refractivity contribution is -0.0512. The topological polar surface area (TPSA) is 64.7 Å². The number of aliphatic hydroxyl groups is 1. The molecule has 0 amide bonds. The van der Waals surface area contributed by atoms with E-state index in [9.17, 15) is 8.78 Å². The van der Waals surface area contributed by atoms with Crippen LogP contribution in [0, 0.1) is 0 Å². The summed E-state index contributed by atoms with van der Waals surface area (Å²) in [5.74, 6) is 0.112. The Morgan fingerprint density at radius 2 is 2.06 bits per heavy atom. The number of ether oxygens (including phenoxy) is 2. The van der Waals surface area contributed by atoms with Gasteiger partial charge < -0.3 is 20.3 Å². The Morgan fingerprint density at radius 3 is 2.56 bits per heavy atom. The molecule has 0 saturated heterocycles. The van der Waals surface area contributed by atoms with Gasteiger partial charge in [0.15, 0.2) is 11.5 Å². The van der Waals surface area contributed by atoms with Crippen LogP contribution in [0.4, 0.5) is 8.78 Å². The summed E-state index contributed by atoms with van der Waals surface area (Å²) in [4.78, 5) is 0. The van der Waals surface area contributed by atoms with Crippen LogP contribution >= 0.6 is 0 Å². The number of hydrogen-bond donors (Lipinski definition) is 2. The molecule has 1 rings (SSSR count). The second-order valence-corrected chi connectivity index (χ2v) is 3.73. The summed E-state index contributed by atoms with van der Waals surface area (Å²) >= 11 is 0. The minimum atomic E-state index is -2.91. The van der Waals surface area contributed by atoms with Crippen molar-refractivity contribution >= 4 is 0 Å². The molecular formula is C12H17F2NO3. The zero-order chi connectivity index (χ0) is 13.5. The second kappa shape index (κ2) is 7.13. The van der Waals surface area contributed by atoms with E-state index in [0.29, 0.717) is 13.0 Å². The van der Waals surface area contributed by atoms with Gasteiger partial charge in [0.2, 0.25) is 0 Å². The Hall–Kier alpha value is -1.40. The quantitative estimate of drug-likeness (QED) is 0.784. The van der Waals surface area contributed by atoms with E-state index in [1.807, 2.05) is 0 Å². The molecule has 1 atom stereocenters. The monoisotopic (exact) mass is 261 g/mol. The van der Waals surface area contributed by atoms with Crippen molar-refractivity contribution in [3.05, 3.63) is 23.8 Å². The number of aliphatic hydroxyl groups excluding tert-OH is 1. The first kappa shape index (κ1) is 14.7. The van der Waals surface area contributed by atoms with Crippen molar-refractivity contribution in [2.24, 2.45) is 5.73 Å². The summed E-state index contributed by atoms with van der Waals surface area (Å²) in [5, 5.41) is 8.91. The fourth-order valence-electron chi connectivity index (χ4n) is 1.71. The van der Waals surface area contributed by atoms with E-state index in [2.05, 4.69) is 4.74 Å². The first-order chi connectivity index (χ1) is 8.62. The van der Waals surface area contributed by atoms with Crippen molar-refractivity contribution in [3.8, 4) is 11.5 Å². The lowest BCUT2D eigenvalue weighted by Gasteiger charge is -2.17. The molecule has 0 aliphatic carbocycles. The normalized spacial score (nSPS) is 12.6. The molecule has 1 aromatic rings. The van der Waals surface area contributed by atoms with Crippen molar-refractivity contribution in [2.45, 2.75) is 19.0 Å². The maximum atomic E-state index is 12.3.